The van der Waals surface area contributed by atoms with Crippen molar-refractivity contribution in [1.29, 1.82) is 0 Å². The molecule has 1 unspecified atom stereocenters. The minimum atomic E-state index is -4.76. The third-order valence-corrected chi connectivity index (χ3v) is 4.71. The molecule has 1 aliphatic carbocycles. The number of oxazole rings is 1. The molecule has 0 aliphatic heterocycles. The van der Waals surface area contributed by atoms with Gasteiger partial charge in [-0.3, -0.25) is 14.8 Å². The SMILES string of the molecule is O=C(NC1CCCc2nc(-c3ccnc(C(F)(F)F)c3)oc21)c1cncc(C(F)(F)F)n1. The molecule has 0 saturated carbocycles. The quantitative estimate of drug-likeness (QED) is 0.587. The van der Waals surface area contributed by atoms with Gasteiger partial charge in [-0.15, -0.1) is 0 Å². The third kappa shape index (κ3) is 4.41. The lowest BCUT2D eigenvalue weighted by Crippen LogP contribution is -2.31. The normalized spacial score (nSPS) is 16.5. The molecule has 1 N–H and O–H groups in total. The van der Waals surface area contributed by atoms with E-state index >= 15 is 0 Å². The maximum atomic E-state index is 12.9. The first-order valence-electron chi connectivity index (χ1n) is 9.25. The van der Waals surface area contributed by atoms with Crippen LogP contribution in [0.5, 0.6) is 0 Å². The van der Waals surface area contributed by atoms with Crippen molar-refractivity contribution in [3.63, 3.8) is 0 Å². The summed E-state index contributed by atoms with van der Waals surface area (Å²) in [5.74, 6) is -0.754. The van der Waals surface area contributed by atoms with Crippen molar-refractivity contribution in [2.24, 2.45) is 0 Å². The monoisotopic (exact) mass is 457 g/mol. The second-order valence-corrected chi connectivity index (χ2v) is 6.96. The fourth-order valence-electron chi connectivity index (χ4n) is 3.24. The number of halogens is 6. The molecule has 1 amide bonds. The number of carbonyl (C=O) groups excluding carboxylic acids is 1. The first kappa shape index (κ1) is 21.7. The van der Waals surface area contributed by atoms with Crippen molar-refractivity contribution in [3.8, 4) is 11.5 Å². The number of fused-ring (bicyclic) bond motifs is 1. The van der Waals surface area contributed by atoms with Crippen LogP contribution in [0.1, 0.15) is 52.2 Å². The van der Waals surface area contributed by atoms with Crippen LogP contribution in [0.25, 0.3) is 11.5 Å². The van der Waals surface area contributed by atoms with E-state index in [9.17, 15) is 31.1 Å². The van der Waals surface area contributed by atoms with E-state index in [1.165, 1.54) is 6.07 Å². The average molecular weight is 457 g/mol. The predicted octanol–water partition coefficient (Wildman–Crippen LogP) is 4.37. The van der Waals surface area contributed by atoms with Gasteiger partial charge in [-0.05, 0) is 31.4 Å². The summed E-state index contributed by atoms with van der Waals surface area (Å²) >= 11 is 0. The molecule has 3 aromatic rings. The van der Waals surface area contributed by atoms with Crippen molar-refractivity contribution in [1.82, 2.24) is 25.3 Å². The van der Waals surface area contributed by atoms with Gasteiger partial charge in [0.2, 0.25) is 5.89 Å². The number of pyridine rings is 1. The molecule has 0 fully saturated rings. The van der Waals surface area contributed by atoms with Crippen molar-refractivity contribution < 1.29 is 35.6 Å². The molecule has 32 heavy (non-hydrogen) atoms. The lowest BCUT2D eigenvalue weighted by molar-refractivity contribution is -0.142. The van der Waals surface area contributed by atoms with Gasteiger partial charge in [0, 0.05) is 11.8 Å². The van der Waals surface area contributed by atoms with Crippen LogP contribution in [0.2, 0.25) is 0 Å². The van der Waals surface area contributed by atoms with Crippen LogP contribution in [0.4, 0.5) is 26.3 Å². The number of hydrogen-bond acceptors (Lipinski definition) is 6. The van der Waals surface area contributed by atoms with E-state index in [2.05, 4.69) is 25.3 Å². The number of aryl methyl sites for hydroxylation is 1. The van der Waals surface area contributed by atoms with Gasteiger partial charge in [0.15, 0.2) is 5.69 Å². The predicted molar refractivity (Wildman–Crippen MR) is 94.9 cm³/mol. The number of carbonyl (C=O) groups is 1. The minimum absolute atomic E-state index is 0.0514. The Bertz CT molecular complexity index is 1160. The highest BCUT2D eigenvalue weighted by molar-refractivity contribution is 5.92. The first-order valence-corrected chi connectivity index (χ1v) is 9.25. The molecule has 168 valence electrons. The molecular weight excluding hydrogens is 444 g/mol. The first-order chi connectivity index (χ1) is 15.0. The molecule has 0 bridgehead atoms. The van der Waals surface area contributed by atoms with Gasteiger partial charge in [-0.1, -0.05) is 0 Å². The number of alkyl halides is 6. The molecule has 0 spiro atoms. The standard InChI is InChI=1S/C19H13F6N5O2/c20-18(21,22)13-6-9(4-5-27-13)17-30-11-3-1-2-10(15(11)32-17)29-16(31)12-7-26-8-14(28-12)19(23,24)25/h4-8,10H,1-3H2,(H,29,31). The zero-order valence-corrected chi connectivity index (χ0v) is 16.0. The number of amides is 1. The summed E-state index contributed by atoms with van der Waals surface area (Å²) in [5, 5.41) is 2.54. The molecule has 3 heterocycles. The van der Waals surface area contributed by atoms with E-state index < -0.39 is 41.4 Å². The fraction of sp³-hybridized carbons (Fsp3) is 0.316. The molecule has 13 heteroatoms. The Morgan fingerprint density at radius 2 is 1.81 bits per heavy atom. The van der Waals surface area contributed by atoms with E-state index in [0.29, 0.717) is 31.2 Å². The Balaban J connectivity index is 1.59. The van der Waals surface area contributed by atoms with Crippen molar-refractivity contribution in [3.05, 3.63) is 59.3 Å². The van der Waals surface area contributed by atoms with Crippen LogP contribution in [0.15, 0.2) is 35.1 Å². The molecule has 3 aromatic heterocycles. The third-order valence-electron chi connectivity index (χ3n) is 4.71. The van der Waals surface area contributed by atoms with Gasteiger partial charge in [-0.2, -0.15) is 26.3 Å². The minimum Gasteiger partial charge on any atom is -0.439 e. The molecule has 1 aliphatic rings. The van der Waals surface area contributed by atoms with Crippen molar-refractivity contribution in [2.45, 2.75) is 37.7 Å². The van der Waals surface area contributed by atoms with E-state index in [1.54, 1.807) is 0 Å². The van der Waals surface area contributed by atoms with E-state index in [0.717, 1.165) is 18.5 Å². The summed E-state index contributed by atoms with van der Waals surface area (Å²) < 4.78 is 82.9. The molecule has 0 aromatic carbocycles. The maximum Gasteiger partial charge on any atom is 0.434 e. The summed E-state index contributed by atoms with van der Waals surface area (Å²) in [5.41, 5.74) is -2.46. The summed E-state index contributed by atoms with van der Waals surface area (Å²) in [7, 11) is 0. The van der Waals surface area contributed by atoms with Gasteiger partial charge in [0.05, 0.1) is 24.1 Å². The van der Waals surface area contributed by atoms with Gasteiger partial charge in [0.25, 0.3) is 5.91 Å². The van der Waals surface area contributed by atoms with Crippen LogP contribution in [0, 0.1) is 0 Å². The molecular formula is C19H13F6N5O2. The number of hydrogen-bond donors (Lipinski definition) is 1. The van der Waals surface area contributed by atoms with Gasteiger partial charge in [-0.25, -0.2) is 9.97 Å². The highest BCUT2D eigenvalue weighted by atomic mass is 19.4. The van der Waals surface area contributed by atoms with E-state index in [1.807, 2.05) is 0 Å². The molecule has 0 saturated heterocycles. The van der Waals surface area contributed by atoms with Crippen LogP contribution in [0.3, 0.4) is 0 Å². The highest BCUT2D eigenvalue weighted by Gasteiger charge is 2.35. The summed E-state index contributed by atoms with van der Waals surface area (Å²) in [6.45, 7) is 0. The molecule has 1 atom stereocenters. The Labute approximate surface area is 175 Å². The second-order valence-electron chi connectivity index (χ2n) is 6.96. The number of nitrogens with one attached hydrogen (secondary N) is 1. The van der Waals surface area contributed by atoms with E-state index in [-0.39, 0.29) is 17.2 Å². The van der Waals surface area contributed by atoms with Crippen LogP contribution in [-0.4, -0.2) is 25.8 Å². The highest BCUT2D eigenvalue weighted by Crippen LogP contribution is 2.35. The van der Waals surface area contributed by atoms with Gasteiger partial charge in [0.1, 0.15) is 17.1 Å². The van der Waals surface area contributed by atoms with Crippen molar-refractivity contribution in [2.75, 3.05) is 0 Å². The number of nitrogens with zero attached hydrogens (tertiary/aromatic N) is 4. The maximum absolute atomic E-state index is 12.9. The van der Waals surface area contributed by atoms with Crippen LogP contribution < -0.4 is 5.32 Å². The lowest BCUT2D eigenvalue weighted by atomic mass is 9.97. The largest absolute Gasteiger partial charge is 0.439 e. The lowest BCUT2D eigenvalue weighted by Gasteiger charge is -2.21. The molecule has 7 nitrogen and oxygen atoms in total. The summed E-state index contributed by atoms with van der Waals surface area (Å²) in [4.78, 5) is 26.7. The van der Waals surface area contributed by atoms with Crippen LogP contribution in [-0.2, 0) is 18.8 Å². The zero-order valence-electron chi connectivity index (χ0n) is 16.0. The Kier molecular flexibility index (Phi) is 5.34. The second kappa shape index (κ2) is 7.88. The average Bonchev–Trinajstić information content (AvgIpc) is 3.18. The zero-order chi connectivity index (χ0) is 23.1. The van der Waals surface area contributed by atoms with Crippen LogP contribution >= 0.6 is 0 Å². The molecule has 4 rings (SSSR count). The molecule has 0 radical (unpaired) electrons. The Morgan fingerprint density at radius 1 is 1.06 bits per heavy atom. The Hall–Kier alpha value is -3.51. The smallest absolute Gasteiger partial charge is 0.434 e. The summed E-state index contributed by atoms with van der Waals surface area (Å²) in [6.07, 6.45) is -5.60. The van der Waals surface area contributed by atoms with Gasteiger partial charge < -0.3 is 9.73 Å². The number of rotatable bonds is 3. The summed E-state index contributed by atoms with van der Waals surface area (Å²) in [6, 6.07) is 1.36. The number of aromatic nitrogens is 4. The van der Waals surface area contributed by atoms with Gasteiger partial charge >= 0.3 is 12.4 Å². The van der Waals surface area contributed by atoms with Crippen molar-refractivity contribution >= 4 is 5.91 Å². The Morgan fingerprint density at radius 3 is 2.53 bits per heavy atom. The topological polar surface area (TPSA) is 93.8 Å². The fourth-order valence-corrected chi connectivity index (χ4v) is 3.24. The van der Waals surface area contributed by atoms with E-state index in [4.69, 9.17) is 4.42 Å².